The van der Waals surface area contributed by atoms with E-state index in [1.807, 2.05) is 12.1 Å². The monoisotopic (exact) mass is 868 g/mol. The highest BCUT2D eigenvalue weighted by molar-refractivity contribution is 6.07. The lowest BCUT2D eigenvalue weighted by atomic mass is 9.98. The summed E-state index contributed by atoms with van der Waals surface area (Å²) in [5, 5.41) is 13.6. The molecule has 18 nitrogen and oxygen atoms in total. The van der Waals surface area contributed by atoms with Crippen LogP contribution in [0.2, 0.25) is 0 Å². The molecule has 0 aromatic heterocycles. The molecule has 1 aliphatic rings. The number of anilines is 2. The summed E-state index contributed by atoms with van der Waals surface area (Å²) in [7, 11) is 1.53. The number of hydrogen-bond acceptors (Lipinski definition) is 10. The van der Waals surface area contributed by atoms with Gasteiger partial charge in [-0.3, -0.25) is 25.0 Å². The van der Waals surface area contributed by atoms with Gasteiger partial charge in [0.15, 0.2) is 0 Å². The number of nitrogens with one attached hydrogen (secondary N) is 5. The van der Waals surface area contributed by atoms with Crippen molar-refractivity contribution in [2.45, 2.75) is 92.1 Å². The molecule has 0 unspecified atom stereocenters. The topological polar surface area (TPSA) is 227 Å². The van der Waals surface area contributed by atoms with Gasteiger partial charge < -0.3 is 39.8 Å². The predicted molar refractivity (Wildman–Crippen MR) is 239 cm³/mol. The minimum absolute atomic E-state index is 0.0857. The highest BCUT2D eigenvalue weighted by atomic mass is 16.6. The molecule has 0 radical (unpaired) electrons. The van der Waals surface area contributed by atoms with Gasteiger partial charge in [0.05, 0.1) is 7.11 Å². The number of ether oxygens (including phenoxy) is 4. The summed E-state index contributed by atoms with van der Waals surface area (Å²) in [6.07, 6.45) is 0.420. The van der Waals surface area contributed by atoms with Gasteiger partial charge in [0.1, 0.15) is 22.6 Å². The molecular weight excluding hydrogens is 813 g/mol. The van der Waals surface area contributed by atoms with Crippen molar-refractivity contribution in [1.29, 1.82) is 0 Å². The SMILES string of the molecule is COc1cc(NC(=O)c2ccc(C(=O)Nc3ccc(CN/C(=N/C(=O)OC(C)(C)C)NC(=O)OC(C)(C)C)cc3)cc2)ccc1C1=CCN(/C(=N/C=O)NC(=O)OC(C)(C)C)CC1. The number of nitrogens with zero attached hydrogens (tertiary/aromatic N) is 3. The Balaban J connectivity index is 1.33. The second kappa shape index (κ2) is 21.0. The Morgan fingerprint density at radius 3 is 1.76 bits per heavy atom. The van der Waals surface area contributed by atoms with Crippen LogP contribution in [-0.2, 0) is 25.5 Å². The van der Waals surface area contributed by atoms with Gasteiger partial charge in [0.25, 0.3) is 11.8 Å². The van der Waals surface area contributed by atoms with Gasteiger partial charge in [0, 0.05) is 53.8 Å². The van der Waals surface area contributed by atoms with Crippen molar-refractivity contribution in [2.75, 3.05) is 30.8 Å². The molecule has 6 amide bonds. The summed E-state index contributed by atoms with van der Waals surface area (Å²) in [6, 6.07) is 18.4. The number of guanidine groups is 2. The van der Waals surface area contributed by atoms with Gasteiger partial charge in [-0.1, -0.05) is 18.2 Å². The lowest BCUT2D eigenvalue weighted by Crippen LogP contribution is -2.47. The number of benzene rings is 3. The molecule has 336 valence electrons. The van der Waals surface area contributed by atoms with E-state index in [1.165, 1.54) is 7.11 Å². The van der Waals surface area contributed by atoms with Crippen LogP contribution in [0.15, 0.2) is 82.8 Å². The first kappa shape index (κ1) is 48.4. The largest absolute Gasteiger partial charge is 0.496 e. The summed E-state index contributed by atoms with van der Waals surface area (Å²) < 4.78 is 21.5. The second-order valence-electron chi connectivity index (χ2n) is 17.1. The number of hydrogen-bond donors (Lipinski definition) is 5. The van der Waals surface area contributed by atoms with Gasteiger partial charge in [-0.25, -0.2) is 14.4 Å². The molecule has 4 rings (SSSR count). The highest BCUT2D eigenvalue weighted by Gasteiger charge is 2.24. The van der Waals surface area contributed by atoms with Crippen LogP contribution in [0.25, 0.3) is 5.57 Å². The lowest BCUT2D eigenvalue weighted by molar-refractivity contribution is -0.106. The third kappa shape index (κ3) is 16.3. The van der Waals surface area contributed by atoms with Crippen LogP contribution in [0.1, 0.15) is 101 Å². The summed E-state index contributed by atoms with van der Waals surface area (Å²) in [6.45, 7) is 16.4. The van der Waals surface area contributed by atoms with Crippen LogP contribution in [0.5, 0.6) is 5.75 Å². The van der Waals surface area contributed by atoms with Gasteiger partial charge in [-0.2, -0.15) is 4.99 Å². The summed E-state index contributed by atoms with van der Waals surface area (Å²) in [4.78, 5) is 84.0. The minimum Gasteiger partial charge on any atom is -0.496 e. The molecule has 18 heteroatoms. The molecule has 63 heavy (non-hydrogen) atoms. The quantitative estimate of drug-likeness (QED) is 0.0621. The molecule has 0 atom stereocenters. The van der Waals surface area contributed by atoms with E-state index in [0.29, 0.717) is 54.2 Å². The van der Waals surface area contributed by atoms with Crippen LogP contribution in [0.3, 0.4) is 0 Å². The van der Waals surface area contributed by atoms with Crippen molar-refractivity contribution >= 4 is 65.4 Å². The smallest absolute Gasteiger partial charge is 0.437 e. The first-order chi connectivity index (χ1) is 29.5. The van der Waals surface area contributed by atoms with Crippen LogP contribution < -0.4 is 31.3 Å². The number of carbonyl (C=O) groups is 6. The number of amides is 6. The fraction of sp³-hybridized carbons (Fsp3) is 0.378. The third-order valence-electron chi connectivity index (χ3n) is 8.40. The zero-order valence-corrected chi connectivity index (χ0v) is 37.3. The Kier molecular flexibility index (Phi) is 16.2. The van der Waals surface area contributed by atoms with Gasteiger partial charge in [-0.15, -0.1) is 4.99 Å². The molecule has 0 fully saturated rings. The molecule has 0 spiro atoms. The molecule has 0 saturated heterocycles. The summed E-state index contributed by atoms with van der Waals surface area (Å²) >= 11 is 0. The van der Waals surface area contributed by atoms with E-state index >= 15 is 0 Å². The number of rotatable bonds is 9. The maximum atomic E-state index is 13.2. The van der Waals surface area contributed by atoms with Crippen molar-refractivity contribution in [2.24, 2.45) is 9.98 Å². The average Bonchev–Trinajstić information content (AvgIpc) is 3.18. The van der Waals surface area contributed by atoms with Gasteiger partial charge >= 0.3 is 18.3 Å². The Bertz CT molecular complexity index is 2250. The van der Waals surface area contributed by atoms with Crippen molar-refractivity contribution in [1.82, 2.24) is 20.9 Å². The van der Waals surface area contributed by atoms with Crippen molar-refractivity contribution < 1.29 is 47.7 Å². The molecule has 0 aliphatic carbocycles. The Labute approximate surface area is 366 Å². The van der Waals surface area contributed by atoms with Crippen LogP contribution >= 0.6 is 0 Å². The van der Waals surface area contributed by atoms with E-state index in [2.05, 4.69) is 36.6 Å². The predicted octanol–water partition coefficient (Wildman–Crippen LogP) is 7.23. The Hall–Kier alpha value is -7.24. The number of aliphatic imine (C=N–C) groups is 2. The standard InChI is InChI=1S/C45H56N8O10/c1-43(2,3)61-40(57)50-38(51-41(58)62-44(4,5)6)46-26-28-11-17-32(18-12-28)48-36(55)30-13-15-31(16-14-30)37(56)49-33-19-20-34(35(25-33)60-10)29-21-23-53(24-22-29)39(47-27-54)52-42(59)63-45(7,8)9/h11-21,25,27H,22-24,26H2,1-10H3,(H,48,55)(H,49,56)(H,47,52,54,59)(H2,46,50,51,57,58). The summed E-state index contributed by atoms with van der Waals surface area (Å²) in [5.41, 5.74) is 1.87. The van der Waals surface area contributed by atoms with E-state index in [0.717, 1.165) is 16.7 Å². The fourth-order valence-electron chi connectivity index (χ4n) is 5.74. The van der Waals surface area contributed by atoms with E-state index in [9.17, 15) is 28.8 Å². The molecule has 3 aromatic rings. The molecule has 5 N–H and O–H groups in total. The van der Waals surface area contributed by atoms with Crippen LogP contribution in [0, 0.1) is 0 Å². The van der Waals surface area contributed by atoms with Crippen molar-refractivity contribution in [3.05, 3.63) is 95.1 Å². The van der Waals surface area contributed by atoms with E-state index < -0.39 is 46.9 Å². The fourth-order valence-corrected chi connectivity index (χ4v) is 5.74. The van der Waals surface area contributed by atoms with Gasteiger partial charge in [0.2, 0.25) is 18.3 Å². The lowest BCUT2D eigenvalue weighted by Gasteiger charge is -2.30. The molecule has 0 saturated carbocycles. The normalized spacial score (nSPS) is 13.4. The Morgan fingerprint density at radius 2 is 1.25 bits per heavy atom. The maximum absolute atomic E-state index is 13.2. The zero-order chi connectivity index (χ0) is 46.5. The van der Waals surface area contributed by atoms with Crippen LogP contribution in [-0.4, -0.2) is 90.3 Å². The minimum atomic E-state index is -0.903. The van der Waals surface area contributed by atoms with E-state index in [4.69, 9.17) is 18.9 Å². The summed E-state index contributed by atoms with van der Waals surface area (Å²) in [5.74, 6) is -0.336. The number of carbonyl (C=O) groups excluding carboxylic acids is 6. The van der Waals surface area contributed by atoms with E-state index in [-0.39, 0.29) is 18.5 Å². The second-order valence-corrected chi connectivity index (χ2v) is 17.1. The maximum Gasteiger partial charge on any atom is 0.437 e. The third-order valence-corrected chi connectivity index (χ3v) is 8.40. The number of alkyl carbamates (subject to hydrolysis) is 2. The van der Waals surface area contributed by atoms with Crippen molar-refractivity contribution in [3.63, 3.8) is 0 Å². The van der Waals surface area contributed by atoms with Gasteiger partial charge in [-0.05, 0) is 128 Å². The van der Waals surface area contributed by atoms with E-state index in [1.54, 1.807) is 128 Å². The zero-order valence-electron chi connectivity index (χ0n) is 37.3. The molecule has 1 heterocycles. The Morgan fingerprint density at radius 1 is 0.714 bits per heavy atom. The molecular formula is C45H56N8O10. The van der Waals surface area contributed by atoms with Crippen molar-refractivity contribution in [3.8, 4) is 5.75 Å². The number of methoxy groups -OCH3 is 1. The average molecular weight is 869 g/mol. The highest BCUT2D eigenvalue weighted by Crippen LogP contribution is 2.33. The molecule has 1 aliphatic heterocycles. The molecule has 3 aromatic carbocycles. The first-order valence-electron chi connectivity index (χ1n) is 20.0. The van der Waals surface area contributed by atoms with Crippen LogP contribution in [0.4, 0.5) is 25.8 Å². The molecule has 0 bridgehead atoms. The first-order valence-corrected chi connectivity index (χ1v) is 20.0.